The Morgan fingerprint density at radius 2 is 1.71 bits per heavy atom. The molecule has 1 saturated carbocycles. The fourth-order valence-electron chi connectivity index (χ4n) is 4.37. The number of fused-ring (bicyclic) bond motifs is 1. The number of hydrogen-bond donors (Lipinski definition) is 2. The van der Waals surface area contributed by atoms with Crippen molar-refractivity contribution in [3.05, 3.63) is 70.0 Å². The first-order chi connectivity index (χ1) is 15.1. The maximum atomic E-state index is 12.5. The van der Waals surface area contributed by atoms with Gasteiger partial charge in [-0.2, -0.15) is 0 Å². The second-order valence-corrected chi connectivity index (χ2v) is 8.39. The van der Waals surface area contributed by atoms with Crippen LogP contribution in [0.1, 0.15) is 24.0 Å². The van der Waals surface area contributed by atoms with Crippen LogP contribution in [0.2, 0.25) is 0 Å². The summed E-state index contributed by atoms with van der Waals surface area (Å²) in [4.78, 5) is 29.1. The smallest absolute Gasteiger partial charge is 0.290 e. The third-order valence-electron chi connectivity index (χ3n) is 6.25. The normalized spacial score (nSPS) is 17.2. The maximum Gasteiger partial charge on any atom is 0.290 e. The number of aromatic nitrogens is 1. The van der Waals surface area contributed by atoms with E-state index in [0.717, 1.165) is 53.3 Å². The van der Waals surface area contributed by atoms with Crippen molar-refractivity contribution < 1.29 is 9.90 Å². The van der Waals surface area contributed by atoms with Gasteiger partial charge in [0.1, 0.15) is 0 Å². The van der Waals surface area contributed by atoms with E-state index in [9.17, 15) is 4.79 Å². The van der Waals surface area contributed by atoms with E-state index in [0.29, 0.717) is 0 Å². The molecule has 0 unspecified atom stereocenters. The van der Waals surface area contributed by atoms with Crippen LogP contribution in [0.5, 0.6) is 0 Å². The van der Waals surface area contributed by atoms with Crippen molar-refractivity contribution in [2.75, 3.05) is 26.2 Å². The molecule has 1 aromatic heterocycles. The first-order valence-corrected chi connectivity index (χ1v) is 10.9. The predicted octanol–water partition coefficient (Wildman–Crippen LogP) is 3.48. The number of rotatable bonds is 4. The highest BCUT2D eigenvalue weighted by atomic mass is 16.3. The molecule has 162 valence electrons. The van der Waals surface area contributed by atoms with Gasteiger partial charge in [0.05, 0.1) is 0 Å². The molecule has 6 heteroatoms. The summed E-state index contributed by atoms with van der Waals surface area (Å²) in [5.41, 5.74) is 4.39. The Kier molecular flexibility index (Phi) is 6.49. The molecule has 2 N–H and O–H groups in total. The molecule has 2 aliphatic rings. The number of carbonyl (C=O) groups is 1. The molecule has 5 rings (SSSR count). The van der Waals surface area contributed by atoms with Gasteiger partial charge in [-0.05, 0) is 54.0 Å². The lowest BCUT2D eigenvalue weighted by atomic mass is 10.0. The number of aromatic amines is 1. The largest absolute Gasteiger partial charge is 0.483 e. The van der Waals surface area contributed by atoms with E-state index >= 15 is 0 Å². The van der Waals surface area contributed by atoms with E-state index in [1.165, 1.54) is 31.5 Å². The van der Waals surface area contributed by atoms with E-state index in [1.54, 1.807) is 0 Å². The molecule has 0 spiro atoms. The number of pyridine rings is 1. The van der Waals surface area contributed by atoms with Crippen LogP contribution < -0.4 is 5.56 Å². The SMILES string of the molecule is Cc1cccc2c(=O)[nH]c(-c3ccc(CN4CCN(C5CC5)CC4)cc3)cc12.O=CO. The average Bonchev–Trinajstić information content (AvgIpc) is 3.62. The fourth-order valence-corrected chi connectivity index (χ4v) is 4.37. The first-order valence-electron chi connectivity index (χ1n) is 10.9. The fraction of sp³-hybridized carbons (Fsp3) is 0.360. The Bertz CT molecular complexity index is 1100. The molecule has 2 heterocycles. The number of hydrogen-bond acceptors (Lipinski definition) is 4. The second kappa shape index (κ2) is 9.45. The molecule has 1 saturated heterocycles. The van der Waals surface area contributed by atoms with Gasteiger partial charge in [0, 0.05) is 49.8 Å². The summed E-state index contributed by atoms with van der Waals surface area (Å²) >= 11 is 0. The predicted molar refractivity (Wildman–Crippen MR) is 123 cm³/mol. The number of carboxylic acid groups (broad SMARTS) is 1. The first kappa shape index (κ1) is 21.3. The minimum absolute atomic E-state index is 0.0196. The zero-order valence-corrected chi connectivity index (χ0v) is 17.9. The van der Waals surface area contributed by atoms with Crippen molar-refractivity contribution in [2.45, 2.75) is 32.4 Å². The van der Waals surface area contributed by atoms with Crippen LogP contribution in [0, 0.1) is 6.92 Å². The van der Waals surface area contributed by atoms with Gasteiger partial charge in [-0.15, -0.1) is 0 Å². The molecule has 1 aliphatic carbocycles. The summed E-state index contributed by atoms with van der Waals surface area (Å²) in [5.74, 6) is 0. The maximum absolute atomic E-state index is 12.5. The van der Waals surface area contributed by atoms with Crippen molar-refractivity contribution in [3.8, 4) is 11.3 Å². The van der Waals surface area contributed by atoms with Gasteiger partial charge in [0.15, 0.2) is 0 Å². The number of nitrogens with one attached hydrogen (secondary N) is 1. The Morgan fingerprint density at radius 3 is 2.35 bits per heavy atom. The van der Waals surface area contributed by atoms with Crippen molar-refractivity contribution in [3.63, 3.8) is 0 Å². The number of benzene rings is 2. The van der Waals surface area contributed by atoms with Gasteiger partial charge in [-0.1, -0.05) is 36.4 Å². The second-order valence-electron chi connectivity index (χ2n) is 8.39. The van der Waals surface area contributed by atoms with Crippen LogP contribution in [-0.4, -0.2) is 58.6 Å². The van der Waals surface area contributed by atoms with Crippen LogP contribution in [0.3, 0.4) is 0 Å². The minimum atomic E-state index is -0.250. The summed E-state index contributed by atoms with van der Waals surface area (Å²) in [5, 5.41) is 8.67. The Balaban J connectivity index is 0.000000730. The van der Waals surface area contributed by atoms with E-state index in [4.69, 9.17) is 9.90 Å². The van der Waals surface area contributed by atoms with Gasteiger partial charge in [0.25, 0.3) is 12.0 Å². The molecule has 2 fully saturated rings. The zero-order chi connectivity index (χ0) is 21.8. The van der Waals surface area contributed by atoms with Gasteiger partial charge < -0.3 is 10.1 Å². The van der Waals surface area contributed by atoms with E-state index < -0.39 is 0 Å². The molecule has 1 aliphatic heterocycles. The van der Waals surface area contributed by atoms with Gasteiger partial charge >= 0.3 is 0 Å². The van der Waals surface area contributed by atoms with Crippen molar-refractivity contribution in [1.29, 1.82) is 0 Å². The van der Waals surface area contributed by atoms with Crippen molar-refractivity contribution >= 4 is 17.2 Å². The molecule has 0 amide bonds. The molecule has 0 bridgehead atoms. The van der Waals surface area contributed by atoms with Crippen LogP contribution in [0.25, 0.3) is 22.0 Å². The highest BCUT2D eigenvalue weighted by Crippen LogP contribution is 2.28. The van der Waals surface area contributed by atoms with Crippen LogP contribution in [0.15, 0.2) is 53.3 Å². The molecule has 0 radical (unpaired) electrons. The van der Waals surface area contributed by atoms with Gasteiger partial charge in [-0.25, -0.2) is 0 Å². The molecular formula is C25H29N3O3. The molecule has 6 nitrogen and oxygen atoms in total. The lowest BCUT2D eigenvalue weighted by molar-refractivity contribution is -0.122. The summed E-state index contributed by atoms with van der Waals surface area (Å²) in [7, 11) is 0. The molecule has 31 heavy (non-hydrogen) atoms. The average molecular weight is 420 g/mol. The highest BCUT2D eigenvalue weighted by Gasteiger charge is 2.31. The van der Waals surface area contributed by atoms with E-state index in [1.807, 2.05) is 12.1 Å². The van der Waals surface area contributed by atoms with Crippen LogP contribution in [0.4, 0.5) is 0 Å². The van der Waals surface area contributed by atoms with Crippen LogP contribution in [-0.2, 0) is 11.3 Å². The summed E-state index contributed by atoms with van der Waals surface area (Å²) in [6.45, 7) is 7.55. The highest BCUT2D eigenvalue weighted by molar-refractivity contribution is 5.87. The number of nitrogens with zero attached hydrogens (tertiary/aromatic N) is 2. The van der Waals surface area contributed by atoms with Crippen LogP contribution >= 0.6 is 0 Å². The number of aryl methyl sites for hydroxylation is 1. The Labute approximate surface area is 182 Å². The summed E-state index contributed by atoms with van der Waals surface area (Å²) in [6.07, 6.45) is 2.80. The standard InChI is InChI=1S/C24H27N3O.CH2O2/c1-17-3-2-4-21-22(17)15-23(25-24(21)28)19-7-5-18(6-8-19)16-26-11-13-27(14-12-26)20-9-10-20;2-1-3/h2-8,15,20H,9-14,16H2,1H3,(H,25,28);1H,(H,2,3). The lowest BCUT2D eigenvalue weighted by Crippen LogP contribution is -2.46. The molecule has 2 aromatic carbocycles. The molecule has 0 atom stereocenters. The lowest BCUT2D eigenvalue weighted by Gasteiger charge is -2.34. The summed E-state index contributed by atoms with van der Waals surface area (Å²) in [6, 6.07) is 17.5. The van der Waals surface area contributed by atoms with E-state index in [2.05, 4.69) is 58.1 Å². The van der Waals surface area contributed by atoms with Gasteiger partial charge in [-0.3, -0.25) is 19.4 Å². The third-order valence-corrected chi connectivity index (χ3v) is 6.25. The van der Waals surface area contributed by atoms with Gasteiger partial charge in [0.2, 0.25) is 0 Å². The monoisotopic (exact) mass is 419 g/mol. The number of piperazine rings is 1. The number of H-pyrrole nitrogens is 1. The van der Waals surface area contributed by atoms with Crippen molar-refractivity contribution in [2.24, 2.45) is 0 Å². The third kappa shape index (κ3) is 5.03. The molecular weight excluding hydrogens is 390 g/mol. The van der Waals surface area contributed by atoms with Crippen molar-refractivity contribution in [1.82, 2.24) is 14.8 Å². The summed E-state index contributed by atoms with van der Waals surface area (Å²) < 4.78 is 0. The topological polar surface area (TPSA) is 76.6 Å². The molecule has 3 aromatic rings. The minimum Gasteiger partial charge on any atom is -0.483 e. The van der Waals surface area contributed by atoms with E-state index in [-0.39, 0.29) is 12.0 Å². The zero-order valence-electron chi connectivity index (χ0n) is 17.9. The quantitative estimate of drug-likeness (QED) is 0.633. The Morgan fingerprint density at radius 1 is 1.03 bits per heavy atom. The Hall–Kier alpha value is -2.96.